The van der Waals surface area contributed by atoms with E-state index in [0.717, 1.165) is 0 Å². The molecule has 21 heavy (non-hydrogen) atoms. The van der Waals surface area contributed by atoms with Crippen LogP contribution < -0.4 is 0 Å². The fourth-order valence-electron chi connectivity index (χ4n) is 4.88. The first-order valence-electron chi connectivity index (χ1n) is 8.69. The maximum Gasteiger partial charge on any atom is -0.00132 e. The van der Waals surface area contributed by atoms with Crippen LogP contribution in [0.3, 0.4) is 0 Å². The highest BCUT2D eigenvalue weighted by atomic mass is 14.3. The zero-order valence-corrected chi connectivity index (χ0v) is 12.7. The summed E-state index contributed by atoms with van der Waals surface area (Å²) in [4.78, 5) is 0. The summed E-state index contributed by atoms with van der Waals surface area (Å²) in [5.41, 5.74) is 13.2. The van der Waals surface area contributed by atoms with Crippen molar-refractivity contribution in [2.45, 2.75) is 57.8 Å². The van der Waals surface area contributed by atoms with E-state index in [1.807, 2.05) is 0 Å². The van der Waals surface area contributed by atoms with Crippen LogP contribution in [0.25, 0.3) is 11.1 Å². The van der Waals surface area contributed by atoms with Gasteiger partial charge in [-0.1, -0.05) is 24.3 Å². The van der Waals surface area contributed by atoms with Crippen LogP contribution in [-0.4, -0.2) is 0 Å². The van der Waals surface area contributed by atoms with E-state index in [1.54, 1.807) is 44.5 Å². The molecule has 3 aliphatic rings. The van der Waals surface area contributed by atoms with E-state index in [0.29, 0.717) is 0 Å². The van der Waals surface area contributed by atoms with Crippen molar-refractivity contribution in [3.8, 4) is 11.1 Å². The van der Waals surface area contributed by atoms with E-state index in [1.165, 1.54) is 57.8 Å². The molecule has 0 fully saturated rings. The number of hydrogen-bond acceptors (Lipinski definition) is 0. The highest BCUT2D eigenvalue weighted by Crippen LogP contribution is 2.46. The number of hydrogen-bond donors (Lipinski definition) is 0. The smallest absolute Gasteiger partial charge is 0.00132 e. The molecule has 0 N–H and O–H groups in total. The molecule has 0 aliphatic heterocycles. The summed E-state index contributed by atoms with van der Waals surface area (Å²) in [6, 6.07) is 9.70. The molecular weight excluding hydrogens is 252 g/mol. The quantitative estimate of drug-likeness (QED) is 0.540. The second-order valence-electron chi connectivity index (χ2n) is 7.07. The standard InChI is InChI=1S/C21H22/c1-3-7-18-14(5-1)9-11-16-13-17-12-10-15-6-2-4-8-19(15)21(17)20(16)18/h9-12H,1-8,13H2. The average Bonchev–Trinajstić information content (AvgIpc) is 2.94. The van der Waals surface area contributed by atoms with Crippen LogP contribution in [0.5, 0.6) is 0 Å². The summed E-state index contributed by atoms with van der Waals surface area (Å²) in [7, 11) is 0. The lowest BCUT2D eigenvalue weighted by Crippen LogP contribution is -2.08. The molecule has 0 amide bonds. The van der Waals surface area contributed by atoms with Crippen LogP contribution in [0.1, 0.15) is 59.1 Å². The molecule has 0 radical (unpaired) electrons. The van der Waals surface area contributed by atoms with Gasteiger partial charge in [-0.3, -0.25) is 0 Å². The summed E-state index contributed by atoms with van der Waals surface area (Å²) in [6.45, 7) is 0. The Bertz CT molecular complexity index is 673. The van der Waals surface area contributed by atoms with Gasteiger partial charge in [-0.05, 0) is 102 Å². The molecule has 0 heteroatoms. The van der Waals surface area contributed by atoms with Gasteiger partial charge in [0.15, 0.2) is 0 Å². The van der Waals surface area contributed by atoms with Crippen molar-refractivity contribution in [2.75, 3.05) is 0 Å². The first-order valence-corrected chi connectivity index (χ1v) is 8.69. The molecule has 2 aromatic carbocycles. The van der Waals surface area contributed by atoms with Gasteiger partial charge in [0.25, 0.3) is 0 Å². The molecule has 3 aliphatic carbocycles. The fourth-order valence-corrected chi connectivity index (χ4v) is 4.88. The number of fused-ring (bicyclic) bond motifs is 7. The molecule has 0 saturated carbocycles. The summed E-state index contributed by atoms with van der Waals surface area (Å²) in [6.07, 6.45) is 11.9. The van der Waals surface area contributed by atoms with Crippen LogP contribution >= 0.6 is 0 Å². The summed E-state index contributed by atoms with van der Waals surface area (Å²) < 4.78 is 0. The third kappa shape index (κ3) is 1.68. The van der Waals surface area contributed by atoms with Gasteiger partial charge in [-0.2, -0.15) is 0 Å². The first kappa shape index (κ1) is 12.0. The van der Waals surface area contributed by atoms with Gasteiger partial charge in [-0.25, -0.2) is 0 Å². The Morgan fingerprint density at radius 1 is 0.476 bits per heavy atom. The van der Waals surface area contributed by atoms with Gasteiger partial charge >= 0.3 is 0 Å². The summed E-state index contributed by atoms with van der Waals surface area (Å²) in [5, 5.41) is 0. The van der Waals surface area contributed by atoms with E-state index < -0.39 is 0 Å². The largest absolute Gasteiger partial charge is 0.0584 e. The lowest BCUT2D eigenvalue weighted by Gasteiger charge is -2.23. The lowest BCUT2D eigenvalue weighted by molar-refractivity contribution is 0.682. The van der Waals surface area contributed by atoms with Crippen molar-refractivity contribution in [2.24, 2.45) is 0 Å². The van der Waals surface area contributed by atoms with Gasteiger partial charge in [0, 0.05) is 0 Å². The van der Waals surface area contributed by atoms with Gasteiger partial charge in [0.1, 0.15) is 0 Å². The highest BCUT2D eigenvalue weighted by molar-refractivity contribution is 5.84. The minimum absolute atomic E-state index is 1.17. The van der Waals surface area contributed by atoms with Crippen molar-refractivity contribution in [3.63, 3.8) is 0 Å². The average molecular weight is 274 g/mol. The zero-order chi connectivity index (χ0) is 13.8. The van der Waals surface area contributed by atoms with Gasteiger partial charge < -0.3 is 0 Å². The Balaban J connectivity index is 1.80. The van der Waals surface area contributed by atoms with Crippen LogP contribution in [0.4, 0.5) is 0 Å². The van der Waals surface area contributed by atoms with E-state index >= 15 is 0 Å². The first-order chi connectivity index (χ1) is 10.4. The van der Waals surface area contributed by atoms with Gasteiger partial charge in [0.05, 0.1) is 0 Å². The molecule has 0 saturated heterocycles. The van der Waals surface area contributed by atoms with Crippen LogP contribution in [0.15, 0.2) is 24.3 Å². The van der Waals surface area contributed by atoms with Crippen molar-refractivity contribution >= 4 is 0 Å². The topological polar surface area (TPSA) is 0 Å². The van der Waals surface area contributed by atoms with Crippen LogP contribution in [-0.2, 0) is 32.1 Å². The number of aryl methyl sites for hydroxylation is 2. The van der Waals surface area contributed by atoms with Crippen molar-refractivity contribution in [3.05, 3.63) is 57.6 Å². The summed E-state index contributed by atoms with van der Waals surface area (Å²) >= 11 is 0. The predicted octanol–water partition coefficient (Wildman–Crippen LogP) is 5.02. The Morgan fingerprint density at radius 3 is 1.43 bits per heavy atom. The molecule has 0 unspecified atom stereocenters. The van der Waals surface area contributed by atoms with Crippen LogP contribution in [0, 0.1) is 0 Å². The molecule has 106 valence electrons. The maximum atomic E-state index is 2.43. The molecule has 2 aromatic rings. The van der Waals surface area contributed by atoms with E-state index in [-0.39, 0.29) is 0 Å². The molecular formula is C21H22. The molecule has 5 rings (SSSR count). The molecule has 0 nitrogen and oxygen atoms in total. The van der Waals surface area contributed by atoms with Gasteiger partial charge in [0.2, 0.25) is 0 Å². The molecule has 0 aromatic heterocycles. The monoisotopic (exact) mass is 274 g/mol. The lowest BCUT2D eigenvalue weighted by atomic mass is 9.81. The number of rotatable bonds is 0. The van der Waals surface area contributed by atoms with E-state index in [2.05, 4.69) is 24.3 Å². The van der Waals surface area contributed by atoms with Crippen LogP contribution in [0.2, 0.25) is 0 Å². The predicted molar refractivity (Wildman–Crippen MR) is 88.0 cm³/mol. The molecule has 0 atom stereocenters. The minimum Gasteiger partial charge on any atom is -0.0584 e. The highest BCUT2D eigenvalue weighted by Gasteiger charge is 2.28. The molecule has 0 spiro atoms. The Morgan fingerprint density at radius 2 is 0.905 bits per heavy atom. The molecule has 0 heterocycles. The maximum absolute atomic E-state index is 2.43. The van der Waals surface area contributed by atoms with Crippen molar-refractivity contribution < 1.29 is 0 Å². The van der Waals surface area contributed by atoms with Crippen molar-refractivity contribution in [1.82, 2.24) is 0 Å². The van der Waals surface area contributed by atoms with E-state index in [4.69, 9.17) is 0 Å². The normalized spacial score (nSPS) is 18.7. The zero-order valence-electron chi connectivity index (χ0n) is 12.7. The fraction of sp³-hybridized carbons (Fsp3) is 0.429. The Kier molecular flexibility index (Phi) is 2.56. The third-order valence-corrected chi connectivity index (χ3v) is 5.87. The SMILES string of the molecule is c1cc2c(c3c1CCCC3)-c1c(ccc3c1CCCC3)C2. The molecule has 0 bridgehead atoms. The minimum atomic E-state index is 1.17. The summed E-state index contributed by atoms with van der Waals surface area (Å²) in [5.74, 6) is 0. The number of benzene rings is 2. The van der Waals surface area contributed by atoms with E-state index in [9.17, 15) is 0 Å². The van der Waals surface area contributed by atoms with Crippen molar-refractivity contribution in [1.29, 1.82) is 0 Å². The van der Waals surface area contributed by atoms with Gasteiger partial charge in [-0.15, -0.1) is 0 Å². The Hall–Kier alpha value is -1.56. The Labute approximate surface area is 127 Å². The second kappa shape index (κ2) is 4.47. The second-order valence-corrected chi connectivity index (χ2v) is 7.07. The third-order valence-electron chi connectivity index (χ3n) is 5.87.